The number of thiophene rings is 1. The summed E-state index contributed by atoms with van der Waals surface area (Å²) >= 11 is 4.85. The average molecular weight is 302 g/mol. The second-order valence-corrected chi connectivity index (χ2v) is 5.64. The van der Waals surface area contributed by atoms with E-state index in [4.69, 9.17) is 9.52 Å². The minimum absolute atomic E-state index is 0.147. The number of carboxylic acids is 1. The normalized spacial score (nSPS) is 10.6. The van der Waals surface area contributed by atoms with Crippen LogP contribution in [0.3, 0.4) is 0 Å². The van der Waals surface area contributed by atoms with Crippen molar-refractivity contribution in [2.24, 2.45) is 0 Å². The smallest absolute Gasteiger partial charge is 0.311 e. The molecule has 0 saturated carbocycles. The van der Waals surface area contributed by atoms with Gasteiger partial charge in [-0.05, 0) is 28.1 Å². The summed E-state index contributed by atoms with van der Waals surface area (Å²) in [5, 5.41) is 8.76. The monoisotopic (exact) mass is 301 g/mol. The highest BCUT2D eigenvalue weighted by atomic mass is 79.9. The summed E-state index contributed by atoms with van der Waals surface area (Å²) in [5.74, 6) is -0.0388. The number of hydrogen-bond acceptors (Lipinski definition) is 4. The van der Waals surface area contributed by atoms with Crippen LogP contribution in [0.15, 0.2) is 20.3 Å². The van der Waals surface area contributed by atoms with E-state index >= 15 is 0 Å². The topological polar surface area (TPSA) is 63.3 Å². The van der Waals surface area contributed by atoms with Crippen molar-refractivity contribution in [3.8, 4) is 10.6 Å². The van der Waals surface area contributed by atoms with Gasteiger partial charge >= 0.3 is 5.97 Å². The predicted octanol–water partition coefficient (Wildman–Crippen LogP) is 3.10. The highest BCUT2D eigenvalue weighted by molar-refractivity contribution is 9.11. The molecule has 4 nitrogen and oxygen atoms in total. The first-order chi connectivity index (χ1) is 7.56. The number of aryl methyl sites for hydroxylation is 1. The van der Waals surface area contributed by atoms with Gasteiger partial charge < -0.3 is 9.52 Å². The van der Waals surface area contributed by atoms with Crippen molar-refractivity contribution in [1.82, 2.24) is 4.98 Å². The van der Waals surface area contributed by atoms with Crippen LogP contribution >= 0.6 is 27.3 Å². The van der Waals surface area contributed by atoms with Crippen LogP contribution < -0.4 is 0 Å². The number of aliphatic carboxylic acids is 1. The molecule has 2 aromatic heterocycles. The Hall–Kier alpha value is -1.14. The van der Waals surface area contributed by atoms with E-state index in [2.05, 4.69) is 20.9 Å². The zero-order chi connectivity index (χ0) is 11.7. The van der Waals surface area contributed by atoms with Gasteiger partial charge in [-0.25, -0.2) is 4.98 Å². The predicted molar refractivity (Wildman–Crippen MR) is 63.6 cm³/mol. The summed E-state index contributed by atoms with van der Waals surface area (Å²) in [6.07, 6.45) is -0.147. The highest BCUT2D eigenvalue weighted by Crippen LogP contribution is 2.33. The van der Waals surface area contributed by atoms with E-state index in [0.29, 0.717) is 17.3 Å². The molecule has 0 atom stereocenters. The minimum atomic E-state index is -0.923. The molecule has 84 valence electrons. The summed E-state index contributed by atoms with van der Waals surface area (Å²) in [6, 6.07) is 3.78. The van der Waals surface area contributed by atoms with Gasteiger partial charge in [0.25, 0.3) is 0 Å². The third-order valence-electron chi connectivity index (χ3n) is 1.92. The molecule has 0 unspecified atom stereocenters. The molecule has 2 rings (SSSR count). The molecule has 6 heteroatoms. The fourth-order valence-electron chi connectivity index (χ4n) is 1.36. The lowest BCUT2D eigenvalue weighted by molar-refractivity contribution is -0.136. The third kappa shape index (κ3) is 2.33. The molecule has 16 heavy (non-hydrogen) atoms. The maximum Gasteiger partial charge on any atom is 0.311 e. The van der Waals surface area contributed by atoms with Crippen molar-refractivity contribution in [3.63, 3.8) is 0 Å². The minimum Gasteiger partial charge on any atom is -0.481 e. The lowest BCUT2D eigenvalue weighted by Gasteiger charge is -1.94. The van der Waals surface area contributed by atoms with E-state index < -0.39 is 5.97 Å². The van der Waals surface area contributed by atoms with Crippen LogP contribution in [0, 0.1) is 6.92 Å². The number of carbonyl (C=O) groups is 1. The van der Waals surface area contributed by atoms with Gasteiger partial charge in [0.05, 0.1) is 8.66 Å². The third-order valence-corrected chi connectivity index (χ3v) is 3.55. The van der Waals surface area contributed by atoms with E-state index in [0.717, 1.165) is 8.66 Å². The second kappa shape index (κ2) is 4.39. The van der Waals surface area contributed by atoms with Gasteiger partial charge in [-0.2, -0.15) is 0 Å². The molecular weight excluding hydrogens is 294 g/mol. The average Bonchev–Trinajstić information content (AvgIpc) is 2.72. The van der Waals surface area contributed by atoms with Crippen molar-refractivity contribution in [3.05, 3.63) is 27.6 Å². The van der Waals surface area contributed by atoms with Gasteiger partial charge in [-0.15, -0.1) is 11.3 Å². The Morgan fingerprint density at radius 1 is 1.62 bits per heavy atom. The lowest BCUT2D eigenvalue weighted by Crippen LogP contribution is -1.99. The van der Waals surface area contributed by atoms with Crippen LogP contribution in [0.2, 0.25) is 0 Å². The van der Waals surface area contributed by atoms with Crippen molar-refractivity contribution < 1.29 is 14.3 Å². The summed E-state index contributed by atoms with van der Waals surface area (Å²) < 4.78 is 6.26. The van der Waals surface area contributed by atoms with Gasteiger partial charge in [0, 0.05) is 6.92 Å². The molecule has 0 amide bonds. The Bertz CT molecular complexity index is 532. The maximum absolute atomic E-state index is 10.7. The molecule has 0 aliphatic heterocycles. The van der Waals surface area contributed by atoms with Crippen LogP contribution in [-0.2, 0) is 11.2 Å². The van der Waals surface area contributed by atoms with E-state index in [9.17, 15) is 4.79 Å². The van der Waals surface area contributed by atoms with Gasteiger partial charge in [0.2, 0.25) is 0 Å². The largest absolute Gasteiger partial charge is 0.481 e. The number of hydrogen-bond donors (Lipinski definition) is 1. The van der Waals surface area contributed by atoms with E-state index in [-0.39, 0.29) is 6.42 Å². The number of nitrogens with zero attached hydrogens (tertiary/aromatic N) is 1. The molecular formula is C10H8BrNO3S. The molecule has 0 aliphatic rings. The molecule has 0 aromatic carbocycles. The van der Waals surface area contributed by atoms with Crippen LogP contribution in [0.4, 0.5) is 0 Å². The molecule has 0 bridgehead atoms. The Morgan fingerprint density at radius 2 is 2.38 bits per heavy atom. The first-order valence-electron chi connectivity index (χ1n) is 4.50. The van der Waals surface area contributed by atoms with Gasteiger partial charge in [0.1, 0.15) is 17.9 Å². The Balaban J connectivity index is 2.43. The molecule has 2 aromatic rings. The first-order valence-corrected chi connectivity index (χ1v) is 6.11. The fraction of sp³-hybridized carbons (Fsp3) is 0.200. The highest BCUT2D eigenvalue weighted by Gasteiger charge is 2.17. The standard InChI is InChI=1S/C10H8BrNO3S/c1-5-12-10(6(15-5)4-9(13)14)7-2-3-8(11)16-7/h2-3H,4H2,1H3,(H,13,14). The lowest BCUT2D eigenvalue weighted by atomic mass is 10.2. The Kier molecular flexibility index (Phi) is 3.11. The zero-order valence-electron chi connectivity index (χ0n) is 8.36. The van der Waals surface area contributed by atoms with E-state index in [1.54, 1.807) is 6.92 Å². The van der Waals surface area contributed by atoms with Crippen LogP contribution in [0.1, 0.15) is 11.7 Å². The maximum atomic E-state index is 10.7. The molecule has 0 saturated heterocycles. The van der Waals surface area contributed by atoms with Crippen molar-refractivity contribution in [2.45, 2.75) is 13.3 Å². The quantitative estimate of drug-likeness (QED) is 0.946. The van der Waals surface area contributed by atoms with Crippen molar-refractivity contribution >= 4 is 33.2 Å². The fourth-order valence-corrected chi connectivity index (χ4v) is 2.75. The summed E-state index contributed by atoms with van der Waals surface area (Å²) in [6.45, 7) is 1.71. The number of halogens is 1. The molecule has 2 heterocycles. The van der Waals surface area contributed by atoms with Crippen molar-refractivity contribution in [2.75, 3.05) is 0 Å². The van der Waals surface area contributed by atoms with E-state index in [1.807, 2.05) is 12.1 Å². The van der Waals surface area contributed by atoms with Gasteiger partial charge in [-0.1, -0.05) is 0 Å². The van der Waals surface area contributed by atoms with Gasteiger partial charge in [0.15, 0.2) is 5.89 Å². The number of rotatable bonds is 3. The Labute approximate surface area is 104 Å². The number of aromatic nitrogens is 1. The number of oxazole rings is 1. The van der Waals surface area contributed by atoms with Crippen LogP contribution in [-0.4, -0.2) is 16.1 Å². The van der Waals surface area contributed by atoms with E-state index in [1.165, 1.54) is 11.3 Å². The molecule has 0 fully saturated rings. The van der Waals surface area contributed by atoms with Crippen molar-refractivity contribution in [1.29, 1.82) is 0 Å². The molecule has 0 radical (unpaired) electrons. The van der Waals surface area contributed by atoms with Crippen LogP contribution in [0.25, 0.3) is 10.6 Å². The second-order valence-electron chi connectivity index (χ2n) is 3.18. The Morgan fingerprint density at radius 3 is 2.94 bits per heavy atom. The zero-order valence-corrected chi connectivity index (χ0v) is 10.8. The summed E-state index contributed by atoms with van der Waals surface area (Å²) in [7, 11) is 0. The molecule has 0 aliphatic carbocycles. The number of carboxylic acid groups (broad SMARTS) is 1. The first kappa shape index (κ1) is 11.3. The summed E-state index contributed by atoms with van der Waals surface area (Å²) in [4.78, 5) is 15.8. The van der Waals surface area contributed by atoms with Gasteiger partial charge in [-0.3, -0.25) is 4.79 Å². The van der Waals surface area contributed by atoms with Crippen LogP contribution in [0.5, 0.6) is 0 Å². The summed E-state index contributed by atoms with van der Waals surface area (Å²) in [5.41, 5.74) is 0.621. The molecule has 1 N–H and O–H groups in total. The molecule has 0 spiro atoms. The SMILES string of the molecule is Cc1nc(-c2ccc(Br)s2)c(CC(=O)O)o1.